The van der Waals surface area contributed by atoms with Gasteiger partial charge in [0.25, 0.3) is 11.8 Å². The van der Waals surface area contributed by atoms with Gasteiger partial charge in [-0.3, -0.25) is 20.4 Å². The molecule has 2 N–H and O–H groups in total. The first-order chi connectivity index (χ1) is 14.0. The molecule has 2 amide bonds. The molecule has 0 radical (unpaired) electrons. The lowest BCUT2D eigenvalue weighted by Gasteiger charge is -2.12. The van der Waals surface area contributed by atoms with Crippen molar-refractivity contribution in [2.24, 2.45) is 0 Å². The van der Waals surface area contributed by atoms with Crippen molar-refractivity contribution in [3.05, 3.63) is 58.2 Å². The van der Waals surface area contributed by atoms with E-state index in [9.17, 15) is 9.59 Å². The Balaban J connectivity index is 1.67. The molecule has 29 heavy (non-hydrogen) atoms. The zero-order chi connectivity index (χ0) is 21.0. The summed E-state index contributed by atoms with van der Waals surface area (Å²) in [7, 11) is 1.50. The van der Waals surface area contributed by atoms with Crippen LogP contribution in [0, 0.1) is 6.92 Å². The summed E-state index contributed by atoms with van der Waals surface area (Å²) >= 11 is 3.57. The molecule has 3 rings (SSSR count). The Kier molecular flexibility index (Phi) is 6.43. The highest BCUT2D eigenvalue weighted by molar-refractivity contribution is 9.10. The second kappa shape index (κ2) is 9.00. The maximum Gasteiger partial charge on any atom is 0.269 e. The predicted molar refractivity (Wildman–Crippen MR) is 114 cm³/mol. The monoisotopic (exact) mass is 459 g/mol. The van der Waals surface area contributed by atoms with E-state index in [4.69, 9.17) is 9.47 Å². The minimum atomic E-state index is -0.449. The number of carbonyl (C=O) groups is 2. The highest BCUT2D eigenvalue weighted by Gasteiger charge is 2.15. The van der Waals surface area contributed by atoms with Gasteiger partial charge in [0, 0.05) is 26.6 Å². The number of para-hydroxylation sites is 1. The molecule has 8 heteroatoms. The molecular formula is C21H22BrN3O4. The second-order valence-electron chi connectivity index (χ2n) is 6.30. The zero-order valence-electron chi connectivity index (χ0n) is 16.4. The number of hydrogen-bond acceptors (Lipinski definition) is 4. The van der Waals surface area contributed by atoms with Crippen LogP contribution in [-0.4, -0.2) is 30.1 Å². The summed E-state index contributed by atoms with van der Waals surface area (Å²) in [5.74, 6) is 0.212. The van der Waals surface area contributed by atoms with Crippen LogP contribution in [0.25, 0.3) is 10.9 Å². The highest BCUT2D eigenvalue weighted by atomic mass is 79.9. The minimum Gasteiger partial charge on any atom is -0.493 e. The van der Waals surface area contributed by atoms with Gasteiger partial charge in [0.1, 0.15) is 6.54 Å². The Morgan fingerprint density at radius 3 is 2.59 bits per heavy atom. The van der Waals surface area contributed by atoms with Crippen LogP contribution < -0.4 is 20.3 Å². The summed E-state index contributed by atoms with van der Waals surface area (Å²) in [5, 5.41) is 1.03. The Labute approximate surface area is 177 Å². The molecule has 0 fully saturated rings. The van der Waals surface area contributed by atoms with Crippen LogP contribution in [0.1, 0.15) is 23.0 Å². The maximum absolute atomic E-state index is 12.4. The lowest BCUT2D eigenvalue weighted by molar-refractivity contribution is -0.122. The van der Waals surface area contributed by atoms with Gasteiger partial charge < -0.3 is 14.0 Å². The number of halogens is 1. The summed E-state index contributed by atoms with van der Waals surface area (Å²) in [4.78, 5) is 24.8. The third-order valence-corrected chi connectivity index (χ3v) is 5.50. The molecule has 0 aliphatic rings. The van der Waals surface area contributed by atoms with Crippen LogP contribution in [-0.2, 0) is 11.3 Å². The molecule has 0 spiro atoms. The molecule has 0 atom stereocenters. The zero-order valence-corrected chi connectivity index (χ0v) is 18.0. The third-order valence-electron chi connectivity index (χ3n) is 4.50. The van der Waals surface area contributed by atoms with Gasteiger partial charge in [-0.25, -0.2) is 0 Å². The number of rotatable bonds is 6. The average Bonchev–Trinajstić information content (AvgIpc) is 2.97. The van der Waals surface area contributed by atoms with Crippen molar-refractivity contribution in [1.29, 1.82) is 0 Å². The fraction of sp³-hybridized carbons (Fsp3) is 0.238. The van der Waals surface area contributed by atoms with E-state index < -0.39 is 5.91 Å². The van der Waals surface area contributed by atoms with Gasteiger partial charge in [-0.15, -0.1) is 0 Å². The van der Waals surface area contributed by atoms with Crippen LogP contribution >= 0.6 is 15.9 Å². The Morgan fingerprint density at radius 2 is 1.86 bits per heavy atom. The summed E-state index contributed by atoms with van der Waals surface area (Å²) in [6, 6.07) is 12.6. The third kappa shape index (κ3) is 4.37. The quantitative estimate of drug-likeness (QED) is 0.551. The van der Waals surface area contributed by atoms with Gasteiger partial charge in [-0.2, -0.15) is 0 Å². The SMILES string of the molecule is CCOc1ccc(C(=O)NNC(=O)Cn2c(C)c(Br)c3ccccc32)cc1OC. The molecule has 3 aromatic rings. The number of aromatic nitrogens is 1. The first-order valence-electron chi connectivity index (χ1n) is 9.09. The molecule has 0 saturated carbocycles. The Morgan fingerprint density at radius 1 is 1.10 bits per heavy atom. The molecule has 7 nitrogen and oxygen atoms in total. The number of hydrogen-bond donors (Lipinski definition) is 2. The van der Waals surface area contributed by atoms with Gasteiger partial charge in [-0.1, -0.05) is 18.2 Å². The first kappa shape index (κ1) is 20.7. The van der Waals surface area contributed by atoms with Crippen LogP contribution in [0.2, 0.25) is 0 Å². The molecule has 0 unspecified atom stereocenters. The van der Waals surface area contributed by atoms with E-state index in [2.05, 4.69) is 26.8 Å². The van der Waals surface area contributed by atoms with Crippen LogP contribution in [0.15, 0.2) is 46.9 Å². The number of carbonyl (C=O) groups excluding carboxylic acids is 2. The number of nitrogens with zero attached hydrogens (tertiary/aromatic N) is 1. The molecule has 1 aromatic heterocycles. The number of methoxy groups -OCH3 is 1. The van der Waals surface area contributed by atoms with Gasteiger partial charge in [0.2, 0.25) is 0 Å². The fourth-order valence-electron chi connectivity index (χ4n) is 3.06. The summed E-state index contributed by atoms with van der Waals surface area (Å²) in [5.41, 5.74) is 7.11. The molecule has 152 valence electrons. The van der Waals surface area contributed by atoms with E-state index in [1.54, 1.807) is 18.2 Å². The van der Waals surface area contributed by atoms with E-state index in [1.807, 2.05) is 42.7 Å². The van der Waals surface area contributed by atoms with E-state index in [1.165, 1.54) is 7.11 Å². The van der Waals surface area contributed by atoms with Crippen molar-refractivity contribution in [3.63, 3.8) is 0 Å². The topological polar surface area (TPSA) is 81.6 Å². The van der Waals surface area contributed by atoms with Gasteiger partial charge in [0.05, 0.1) is 13.7 Å². The van der Waals surface area contributed by atoms with Crippen LogP contribution in [0.3, 0.4) is 0 Å². The average molecular weight is 460 g/mol. The van der Waals surface area contributed by atoms with Crippen molar-refractivity contribution >= 4 is 38.6 Å². The lowest BCUT2D eigenvalue weighted by Crippen LogP contribution is -2.43. The summed E-state index contributed by atoms with van der Waals surface area (Å²) in [6.07, 6.45) is 0. The smallest absolute Gasteiger partial charge is 0.269 e. The van der Waals surface area contributed by atoms with E-state index in [0.717, 1.165) is 21.1 Å². The van der Waals surface area contributed by atoms with Gasteiger partial charge >= 0.3 is 0 Å². The second-order valence-corrected chi connectivity index (χ2v) is 7.10. The van der Waals surface area contributed by atoms with Crippen LogP contribution in [0.4, 0.5) is 0 Å². The fourth-order valence-corrected chi connectivity index (χ4v) is 3.61. The molecular weight excluding hydrogens is 438 g/mol. The summed E-state index contributed by atoms with van der Waals surface area (Å²) in [6.45, 7) is 4.36. The molecule has 0 bridgehead atoms. The highest BCUT2D eigenvalue weighted by Crippen LogP contribution is 2.30. The number of benzene rings is 2. The largest absolute Gasteiger partial charge is 0.493 e. The number of ether oxygens (including phenoxy) is 2. The lowest BCUT2D eigenvalue weighted by atomic mass is 10.2. The Bertz CT molecular complexity index is 1060. The molecule has 0 saturated heterocycles. The normalized spacial score (nSPS) is 10.6. The number of nitrogens with one attached hydrogen (secondary N) is 2. The van der Waals surface area contributed by atoms with Gasteiger partial charge in [0.15, 0.2) is 11.5 Å². The minimum absolute atomic E-state index is 0.0742. The maximum atomic E-state index is 12.4. The van der Waals surface area contributed by atoms with Gasteiger partial charge in [-0.05, 0) is 54.0 Å². The predicted octanol–water partition coefficient (Wildman–Crippen LogP) is 3.58. The van der Waals surface area contributed by atoms with Crippen LogP contribution in [0.5, 0.6) is 11.5 Å². The number of amides is 2. The summed E-state index contributed by atoms with van der Waals surface area (Å²) < 4.78 is 13.5. The van der Waals surface area contributed by atoms with E-state index >= 15 is 0 Å². The van der Waals surface area contributed by atoms with E-state index in [0.29, 0.717) is 23.7 Å². The van der Waals surface area contributed by atoms with Crippen molar-refractivity contribution in [1.82, 2.24) is 15.4 Å². The van der Waals surface area contributed by atoms with Crippen molar-refractivity contribution in [2.45, 2.75) is 20.4 Å². The first-order valence-corrected chi connectivity index (χ1v) is 9.88. The molecule has 1 heterocycles. The molecule has 0 aliphatic heterocycles. The molecule has 0 aliphatic carbocycles. The number of hydrazine groups is 1. The van der Waals surface area contributed by atoms with Crippen molar-refractivity contribution in [2.75, 3.05) is 13.7 Å². The number of fused-ring (bicyclic) bond motifs is 1. The van der Waals surface area contributed by atoms with Crippen molar-refractivity contribution < 1.29 is 19.1 Å². The standard InChI is InChI=1S/C21H22BrN3O4/c1-4-29-17-10-9-14(11-18(17)28-3)21(27)24-23-19(26)12-25-13(2)20(22)15-7-5-6-8-16(15)25/h5-11H,4,12H2,1-3H3,(H,23,26)(H,24,27). The van der Waals surface area contributed by atoms with Crippen molar-refractivity contribution in [3.8, 4) is 11.5 Å². The molecule has 2 aromatic carbocycles. The van der Waals surface area contributed by atoms with E-state index in [-0.39, 0.29) is 12.5 Å². The Hall–Kier alpha value is -3.00.